The molecule has 4 aliphatic carbocycles. The van der Waals surface area contributed by atoms with Crippen LogP contribution in [0.15, 0.2) is 170 Å². The predicted octanol–water partition coefficient (Wildman–Crippen LogP) is 12.4. The van der Waals surface area contributed by atoms with Crippen LogP contribution >= 0.6 is 0 Å². The van der Waals surface area contributed by atoms with Crippen molar-refractivity contribution < 1.29 is 9.47 Å². The molecule has 0 amide bonds. The van der Waals surface area contributed by atoms with Gasteiger partial charge in [0.15, 0.2) is 0 Å². The molecule has 0 saturated heterocycles. The van der Waals surface area contributed by atoms with E-state index in [1.165, 1.54) is 77.9 Å². The van der Waals surface area contributed by atoms with Crippen LogP contribution < -0.4 is 25.4 Å². The predicted molar refractivity (Wildman–Crippen MR) is 293 cm³/mol. The summed E-state index contributed by atoms with van der Waals surface area (Å²) in [6.45, 7) is 12.8. The number of hydrazine groups is 1. The van der Waals surface area contributed by atoms with Gasteiger partial charge in [-0.15, -0.1) is 0 Å². The third-order valence-electron chi connectivity index (χ3n) is 18.1. The molecule has 0 unspecified atom stereocenters. The lowest BCUT2D eigenvalue weighted by atomic mass is 9.54. The van der Waals surface area contributed by atoms with Crippen LogP contribution in [0.4, 0.5) is 11.4 Å². The van der Waals surface area contributed by atoms with E-state index in [2.05, 4.69) is 230 Å². The summed E-state index contributed by atoms with van der Waals surface area (Å²) in [5.41, 5.74) is 24.6. The average Bonchev–Trinajstić information content (AvgIpc) is 4.48. The first-order chi connectivity index (χ1) is 36.0. The van der Waals surface area contributed by atoms with Gasteiger partial charge in [0.05, 0.1) is 33.6 Å². The van der Waals surface area contributed by atoms with Gasteiger partial charge in [0.25, 0.3) is 12.0 Å². The van der Waals surface area contributed by atoms with Gasteiger partial charge in [0, 0.05) is 45.3 Å². The quantitative estimate of drug-likeness (QED) is 0.141. The molecule has 0 radical (unpaired) electrons. The number of hydrogen-bond acceptors (Lipinski definition) is 6. The van der Waals surface area contributed by atoms with Crippen LogP contribution in [0.25, 0.3) is 44.5 Å². The lowest BCUT2D eigenvalue weighted by molar-refractivity contribution is 0.428. The van der Waals surface area contributed by atoms with Crippen molar-refractivity contribution in [2.75, 3.05) is 5.01 Å². The van der Waals surface area contributed by atoms with Gasteiger partial charge in [-0.25, -0.2) is 14.8 Å². The minimum absolute atomic E-state index is 0.244. The van der Waals surface area contributed by atoms with E-state index in [1.807, 2.05) is 0 Å². The second kappa shape index (κ2) is 12.7. The third-order valence-corrected chi connectivity index (χ3v) is 18.1. The second-order valence-electron chi connectivity index (χ2n) is 23.7. The first-order valence-electron chi connectivity index (χ1n) is 26.1. The monoisotopic (exact) mass is 952 g/mol. The van der Waals surface area contributed by atoms with Crippen LogP contribution in [0.1, 0.15) is 97.4 Å². The van der Waals surface area contributed by atoms with Crippen molar-refractivity contribution in [3.63, 3.8) is 0 Å². The van der Waals surface area contributed by atoms with Crippen molar-refractivity contribution in [1.82, 2.24) is 23.8 Å². The molecule has 74 heavy (non-hydrogen) atoms. The van der Waals surface area contributed by atoms with Crippen LogP contribution in [0.3, 0.4) is 0 Å². The third kappa shape index (κ3) is 4.28. The van der Waals surface area contributed by atoms with E-state index < -0.39 is 10.8 Å². The summed E-state index contributed by atoms with van der Waals surface area (Å²) in [7, 11) is 0. The zero-order valence-electron chi connectivity index (χ0n) is 41.8. The number of fused-ring (bicyclic) bond motifs is 31. The highest BCUT2D eigenvalue weighted by Gasteiger charge is 2.65. The molecule has 0 N–H and O–H groups in total. The average molecular weight is 953 g/mol. The zero-order valence-corrected chi connectivity index (χ0v) is 41.8. The van der Waals surface area contributed by atoms with E-state index in [-0.39, 0.29) is 24.8 Å². The van der Waals surface area contributed by atoms with Crippen LogP contribution in [0, 0.1) is 0 Å². The van der Waals surface area contributed by atoms with Gasteiger partial charge in [0.1, 0.15) is 11.5 Å². The summed E-state index contributed by atoms with van der Waals surface area (Å²) in [6.07, 6.45) is 4.50. The topological polar surface area (TPSA) is 60.6 Å². The molecule has 10 heteroatoms. The maximum Gasteiger partial charge on any atom is 0.402 e. The molecule has 18 rings (SSSR count). The highest BCUT2D eigenvalue weighted by atomic mass is 16.5. The van der Waals surface area contributed by atoms with Gasteiger partial charge in [0.2, 0.25) is 0 Å². The lowest BCUT2D eigenvalue weighted by Gasteiger charge is -2.33. The lowest BCUT2D eigenvalue weighted by Crippen LogP contribution is -2.62. The van der Waals surface area contributed by atoms with E-state index >= 15 is 0 Å². The molecule has 0 atom stereocenters. The van der Waals surface area contributed by atoms with Gasteiger partial charge in [-0.1, -0.05) is 187 Å². The van der Waals surface area contributed by atoms with Crippen molar-refractivity contribution in [1.29, 1.82) is 0 Å². The van der Waals surface area contributed by atoms with Crippen molar-refractivity contribution in [2.45, 2.75) is 63.2 Å². The first kappa shape index (κ1) is 40.2. The fourth-order valence-corrected chi connectivity index (χ4v) is 15.2. The van der Waals surface area contributed by atoms with E-state index in [9.17, 15) is 0 Å². The molecule has 8 aliphatic rings. The molecule has 350 valence electrons. The minimum Gasteiger partial charge on any atom is -0.426 e. The molecule has 6 heterocycles. The molecule has 10 aromatic rings. The summed E-state index contributed by atoms with van der Waals surface area (Å²) in [5, 5.41) is 2.56. The minimum atomic E-state index is -0.607. The number of anilines is 2. The first-order valence-corrected chi connectivity index (χ1v) is 26.1. The fourth-order valence-electron chi connectivity index (χ4n) is 15.2. The van der Waals surface area contributed by atoms with Gasteiger partial charge >= 0.3 is 14.0 Å². The van der Waals surface area contributed by atoms with Crippen molar-refractivity contribution >= 4 is 36.3 Å². The van der Waals surface area contributed by atoms with Crippen LogP contribution in [0.5, 0.6) is 23.5 Å². The van der Waals surface area contributed by atoms with Crippen molar-refractivity contribution in [3.05, 3.63) is 226 Å². The highest BCUT2D eigenvalue weighted by Crippen LogP contribution is 2.68. The molecular weight excluding hydrogens is 906 g/mol. The molecular formula is C64H46B2N6O2. The Morgan fingerprint density at radius 1 is 0.405 bits per heavy atom. The Kier molecular flexibility index (Phi) is 6.90. The van der Waals surface area contributed by atoms with Gasteiger partial charge in [-0.2, -0.15) is 0 Å². The number of ether oxygens (including phenoxy) is 2. The Morgan fingerprint density at radius 2 is 0.716 bits per heavy atom. The summed E-state index contributed by atoms with van der Waals surface area (Å²) in [4.78, 5) is 13.5. The fraction of sp³-hybridized carbons (Fsp3) is 0.156. The van der Waals surface area contributed by atoms with Crippen molar-refractivity contribution in [2.24, 2.45) is 0 Å². The number of nitrogens with zero attached hydrogens (tertiary/aromatic N) is 6. The Labute approximate surface area is 429 Å². The normalized spacial score (nSPS) is 16.8. The van der Waals surface area contributed by atoms with Gasteiger partial charge < -0.3 is 18.4 Å². The smallest absolute Gasteiger partial charge is 0.402 e. The van der Waals surface area contributed by atoms with Crippen molar-refractivity contribution in [3.8, 4) is 68.0 Å². The maximum atomic E-state index is 7.53. The summed E-state index contributed by atoms with van der Waals surface area (Å²) in [6, 6.07) is 60.7. The Hall–Kier alpha value is -8.33. The summed E-state index contributed by atoms with van der Waals surface area (Å²) in [5.74, 6) is 1.75. The molecule has 0 bridgehead atoms. The van der Waals surface area contributed by atoms with E-state index in [0.717, 1.165) is 56.3 Å². The Morgan fingerprint density at radius 3 is 1.05 bits per heavy atom. The van der Waals surface area contributed by atoms with Crippen LogP contribution in [0.2, 0.25) is 0 Å². The Balaban J connectivity index is 1.00. The molecule has 0 fully saturated rings. The number of rotatable bonds is 0. The number of imidazole rings is 2. The number of hydrogen-bond donors (Lipinski definition) is 0. The van der Waals surface area contributed by atoms with Gasteiger partial charge in [-0.3, -0.25) is 5.01 Å². The zero-order chi connectivity index (χ0) is 49.1. The van der Waals surface area contributed by atoms with E-state index in [1.54, 1.807) is 0 Å². The molecule has 0 saturated carbocycles. The molecule has 2 spiro atoms. The molecule has 8 nitrogen and oxygen atoms in total. The largest absolute Gasteiger partial charge is 0.426 e. The standard InChI is InChI=1S/C64H46B2N6O2/c1-61(2,3)51-33-69-59(67-51)73-57-53-39-23-11-17-29-45(39)63(41-25-13-7-19-35(41)36-20-8-14-26-42(36)63)47(53)31-49-55(57)65(69)72-66-56-50(71(49)72)32-48-54(58(56)74-60-68-52(34-70(60)66)62(4,5)6)40-24-12-18-30-46(40)64(48)43-27-15-9-21-37(43)38-22-10-16-28-44(38)64/h7-34H,1-6H3. The number of aromatic nitrogens is 4. The van der Waals surface area contributed by atoms with Crippen LogP contribution in [-0.2, 0) is 21.7 Å². The SMILES string of the molecule is CC(C)(C)c1cn2c(n1)Oc1c3c(cc4c1-c1ccccc1C41c4ccccc4-c4ccccc41)N1c4cc5c(c6c4B(N1B32)n1cc(C(C)(C)C)nc1O6)-c1ccccc1C51c2ccccc2-c2ccccc21. The van der Waals surface area contributed by atoms with Gasteiger partial charge in [-0.05, 0) is 90.0 Å². The summed E-state index contributed by atoms with van der Waals surface area (Å²) < 4.78 is 19.7. The maximum absolute atomic E-state index is 7.53. The molecule has 4 aliphatic heterocycles. The second-order valence-corrected chi connectivity index (χ2v) is 23.7. The van der Waals surface area contributed by atoms with Crippen LogP contribution in [-0.4, -0.2) is 37.7 Å². The Bertz CT molecular complexity index is 3940. The summed E-state index contributed by atoms with van der Waals surface area (Å²) >= 11 is 0. The van der Waals surface area contributed by atoms with E-state index in [4.69, 9.17) is 19.4 Å². The molecule has 8 aromatic carbocycles. The molecule has 2 aromatic heterocycles. The number of benzene rings is 8. The van der Waals surface area contributed by atoms with E-state index in [0.29, 0.717) is 12.0 Å². The highest BCUT2D eigenvalue weighted by molar-refractivity contribution is 6.90.